The van der Waals surface area contributed by atoms with E-state index in [0.717, 1.165) is 24.9 Å². The number of aryl methyl sites for hydroxylation is 1. The van der Waals surface area contributed by atoms with Gasteiger partial charge in [-0.15, -0.1) is 0 Å². The van der Waals surface area contributed by atoms with E-state index >= 15 is 0 Å². The van der Waals surface area contributed by atoms with Gasteiger partial charge in [-0.2, -0.15) is 0 Å². The molecule has 0 saturated heterocycles. The highest BCUT2D eigenvalue weighted by Gasteiger charge is 2.20. The fourth-order valence-electron chi connectivity index (χ4n) is 2.12. The van der Waals surface area contributed by atoms with Crippen LogP contribution in [0.15, 0.2) is 18.2 Å². The van der Waals surface area contributed by atoms with Gasteiger partial charge in [0, 0.05) is 18.2 Å². The number of unbranched alkanes of at least 4 members (excludes halogenated alkanes) is 1. The summed E-state index contributed by atoms with van der Waals surface area (Å²) in [6.45, 7) is 8.70. The topological polar surface area (TPSA) is 20.3 Å². The first-order valence-corrected chi connectivity index (χ1v) is 7.64. The standard InChI is InChI=1S/C17H26FNO/c1-5-8-11-19(17(20)13(4)6-2)15-9-10-16(18)14(7-3)12-15/h9-10,12-13H,5-8,11H2,1-4H3. The number of hydrogen-bond donors (Lipinski definition) is 0. The van der Waals surface area contributed by atoms with Crippen molar-refractivity contribution < 1.29 is 9.18 Å². The predicted molar refractivity (Wildman–Crippen MR) is 82.5 cm³/mol. The molecule has 1 aromatic carbocycles. The van der Waals surface area contributed by atoms with Gasteiger partial charge in [-0.05, 0) is 43.0 Å². The summed E-state index contributed by atoms with van der Waals surface area (Å²) < 4.78 is 13.6. The van der Waals surface area contributed by atoms with Crippen LogP contribution >= 0.6 is 0 Å². The maximum atomic E-state index is 13.6. The third kappa shape index (κ3) is 4.06. The van der Waals surface area contributed by atoms with Crippen LogP contribution in [0.3, 0.4) is 0 Å². The van der Waals surface area contributed by atoms with E-state index in [9.17, 15) is 9.18 Å². The van der Waals surface area contributed by atoms with Crippen LogP contribution in [0.2, 0.25) is 0 Å². The fourth-order valence-corrected chi connectivity index (χ4v) is 2.12. The Hall–Kier alpha value is -1.38. The van der Waals surface area contributed by atoms with Gasteiger partial charge < -0.3 is 4.90 Å². The molecule has 0 aliphatic heterocycles. The summed E-state index contributed by atoms with van der Waals surface area (Å²) in [6.07, 6.45) is 3.45. The van der Waals surface area contributed by atoms with Crippen molar-refractivity contribution in [2.45, 2.75) is 53.4 Å². The molecule has 0 aromatic heterocycles. The molecule has 1 unspecified atom stereocenters. The molecule has 0 bridgehead atoms. The first-order chi connectivity index (χ1) is 9.54. The van der Waals surface area contributed by atoms with E-state index in [4.69, 9.17) is 0 Å². The summed E-state index contributed by atoms with van der Waals surface area (Å²) in [6, 6.07) is 4.99. The molecule has 2 nitrogen and oxygen atoms in total. The van der Waals surface area contributed by atoms with Gasteiger partial charge in [-0.1, -0.05) is 34.1 Å². The molecule has 3 heteroatoms. The summed E-state index contributed by atoms with van der Waals surface area (Å²) >= 11 is 0. The molecule has 0 aliphatic carbocycles. The number of carbonyl (C=O) groups excluding carboxylic acids is 1. The molecular weight excluding hydrogens is 253 g/mol. The monoisotopic (exact) mass is 279 g/mol. The van der Waals surface area contributed by atoms with Gasteiger partial charge in [0.1, 0.15) is 5.82 Å². The first-order valence-electron chi connectivity index (χ1n) is 7.64. The van der Waals surface area contributed by atoms with Crippen molar-refractivity contribution in [1.82, 2.24) is 0 Å². The quantitative estimate of drug-likeness (QED) is 0.716. The smallest absolute Gasteiger partial charge is 0.229 e. The van der Waals surface area contributed by atoms with Gasteiger partial charge in [0.05, 0.1) is 0 Å². The van der Waals surface area contributed by atoms with Gasteiger partial charge in [0.15, 0.2) is 0 Å². The Morgan fingerprint density at radius 2 is 2.00 bits per heavy atom. The molecule has 0 heterocycles. The highest BCUT2D eigenvalue weighted by Crippen LogP contribution is 2.22. The minimum atomic E-state index is -0.192. The maximum Gasteiger partial charge on any atom is 0.229 e. The summed E-state index contributed by atoms with van der Waals surface area (Å²) in [5, 5.41) is 0. The second-order valence-corrected chi connectivity index (χ2v) is 5.28. The molecule has 0 aliphatic rings. The Morgan fingerprint density at radius 3 is 2.55 bits per heavy atom. The molecule has 1 rings (SSSR count). The zero-order valence-electron chi connectivity index (χ0n) is 13.1. The molecule has 20 heavy (non-hydrogen) atoms. The van der Waals surface area contributed by atoms with Crippen LogP contribution in [0, 0.1) is 11.7 Å². The van der Waals surface area contributed by atoms with Gasteiger partial charge in [-0.3, -0.25) is 4.79 Å². The molecule has 1 atom stereocenters. The van der Waals surface area contributed by atoms with Crippen molar-refractivity contribution in [3.8, 4) is 0 Å². The van der Waals surface area contributed by atoms with E-state index in [-0.39, 0.29) is 17.6 Å². The third-order valence-electron chi connectivity index (χ3n) is 3.76. The highest BCUT2D eigenvalue weighted by atomic mass is 19.1. The van der Waals surface area contributed by atoms with E-state index in [1.54, 1.807) is 6.07 Å². The lowest BCUT2D eigenvalue weighted by Gasteiger charge is -2.26. The Kier molecular flexibility index (Phi) is 6.69. The molecule has 1 amide bonds. The fraction of sp³-hybridized carbons (Fsp3) is 0.588. The van der Waals surface area contributed by atoms with Crippen LogP contribution in [0.5, 0.6) is 0 Å². The Labute approximate surface area is 122 Å². The average Bonchev–Trinajstić information content (AvgIpc) is 2.47. The number of benzene rings is 1. The van der Waals surface area contributed by atoms with E-state index < -0.39 is 0 Å². The molecule has 112 valence electrons. The molecule has 1 aromatic rings. The number of carbonyl (C=O) groups is 1. The van der Waals surface area contributed by atoms with Crippen molar-refractivity contribution in [1.29, 1.82) is 0 Å². The largest absolute Gasteiger partial charge is 0.312 e. The van der Waals surface area contributed by atoms with Crippen molar-refractivity contribution in [3.05, 3.63) is 29.6 Å². The zero-order valence-corrected chi connectivity index (χ0v) is 13.1. The minimum Gasteiger partial charge on any atom is -0.312 e. The van der Waals surface area contributed by atoms with Gasteiger partial charge in [0.2, 0.25) is 5.91 Å². The van der Waals surface area contributed by atoms with E-state index in [2.05, 4.69) is 6.92 Å². The third-order valence-corrected chi connectivity index (χ3v) is 3.76. The number of nitrogens with zero attached hydrogens (tertiary/aromatic N) is 1. The summed E-state index contributed by atoms with van der Waals surface area (Å²) in [4.78, 5) is 14.3. The Bertz CT molecular complexity index is 445. The molecule has 0 saturated carbocycles. The van der Waals surface area contributed by atoms with Crippen molar-refractivity contribution in [3.63, 3.8) is 0 Å². The first kappa shape index (κ1) is 16.7. The number of halogens is 1. The maximum absolute atomic E-state index is 13.6. The second kappa shape index (κ2) is 8.03. The number of rotatable bonds is 7. The number of hydrogen-bond acceptors (Lipinski definition) is 1. The van der Waals surface area contributed by atoms with Gasteiger partial charge >= 0.3 is 0 Å². The SMILES string of the molecule is CCCCN(C(=O)C(C)CC)c1ccc(F)c(CC)c1. The second-order valence-electron chi connectivity index (χ2n) is 5.28. The van der Waals surface area contributed by atoms with Crippen molar-refractivity contribution in [2.75, 3.05) is 11.4 Å². The van der Waals surface area contributed by atoms with Crippen LogP contribution < -0.4 is 4.90 Å². The number of anilines is 1. The van der Waals surface area contributed by atoms with Crippen LogP contribution in [0.1, 0.15) is 52.5 Å². The lowest BCUT2D eigenvalue weighted by molar-refractivity contribution is -0.122. The lowest BCUT2D eigenvalue weighted by Crippen LogP contribution is -2.36. The number of amides is 1. The van der Waals surface area contributed by atoms with Crippen LogP contribution in [0.4, 0.5) is 10.1 Å². The van der Waals surface area contributed by atoms with Gasteiger partial charge in [0.25, 0.3) is 0 Å². The lowest BCUT2D eigenvalue weighted by atomic mass is 10.1. The summed E-state index contributed by atoms with van der Waals surface area (Å²) in [5.74, 6) is -0.0562. The van der Waals surface area contributed by atoms with Crippen molar-refractivity contribution in [2.24, 2.45) is 5.92 Å². The van der Waals surface area contributed by atoms with Crippen LogP contribution in [0.25, 0.3) is 0 Å². The minimum absolute atomic E-state index is 0.00184. The molecular formula is C17H26FNO. The predicted octanol–water partition coefficient (Wildman–Crippen LogP) is 4.57. The van der Waals surface area contributed by atoms with Crippen molar-refractivity contribution >= 4 is 11.6 Å². The van der Waals surface area contributed by atoms with Crippen LogP contribution in [-0.2, 0) is 11.2 Å². The average molecular weight is 279 g/mol. The molecule has 0 radical (unpaired) electrons. The molecule has 0 fully saturated rings. The summed E-state index contributed by atoms with van der Waals surface area (Å²) in [7, 11) is 0. The Morgan fingerprint density at radius 1 is 1.30 bits per heavy atom. The molecule has 0 N–H and O–H groups in total. The van der Waals surface area contributed by atoms with Crippen LogP contribution in [-0.4, -0.2) is 12.5 Å². The normalized spacial score (nSPS) is 12.2. The van der Waals surface area contributed by atoms with E-state index in [0.29, 0.717) is 18.5 Å². The van der Waals surface area contributed by atoms with E-state index in [1.165, 1.54) is 6.07 Å². The summed E-state index contributed by atoms with van der Waals surface area (Å²) in [5.41, 5.74) is 1.49. The van der Waals surface area contributed by atoms with Gasteiger partial charge in [-0.25, -0.2) is 4.39 Å². The van der Waals surface area contributed by atoms with E-state index in [1.807, 2.05) is 31.7 Å². The zero-order chi connectivity index (χ0) is 15.1. The molecule has 0 spiro atoms. The highest BCUT2D eigenvalue weighted by molar-refractivity contribution is 5.94. The Balaban J connectivity index is 3.06.